The molecule has 0 atom stereocenters. The second kappa shape index (κ2) is 16.6. The minimum absolute atomic E-state index is 0. The molecule has 0 amide bonds. The Hall–Kier alpha value is 1.06. The smallest absolute Gasteiger partial charge is 1.00 e. The van der Waals surface area contributed by atoms with Crippen molar-refractivity contribution in [3.8, 4) is 12.3 Å². The summed E-state index contributed by atoms with van der Waals surface area (Å²) in [7, 11) is 0. The summed E-state index contributed by atoms with van der Waals surface area (Å²) in [5.74, 6) is 2.43. The summed E-state index contributed by atoms with van der Waals surface area (Å²) in [6.07, 6.45) is 5.62. The topological polar surface area (TPSA) is 0 Å². The Morgan fingerprint density at radius 3 is 1.83 bits per heavy atom. The summed E-state index contributed by atoms with van der Waals surface area (Å²) in [6, 6.07) is 0. The van der Waals surface area contributed by atoms with Crippen molar-refractivity contribution in [1.82, 2.24) is 0 Å². The molecule has 0 aromatic rings. The Labute approximate surface area is 72.2 Å². The molecule has 0 saturated heterocycles. The van der Waals surface area contributed by atoms with Crippen LogP contribution >= 0.6 is 0 Å². The molecular formula is C4H6IMg+. The van der Waals surface area contributed by atoms with Crippen LogP contribution in [0.3, 0.4) is 0 Å². The van der Waals surface area contributed by atoms with E-state index in [0.717, 1.165) is 6.42 Å². The van der Waals surface area contributed by atoms with Crippen LogP contribution in [0, 0.1) is 12.3 Å². The molecule has 0 nitrogen and oxygen atoms in total. The van der Waals surface area contributed by atoms with Gasteiger partial charge >= 0.3 is 23.1 Å². The molecule has 30 valence electrons. The Morgan fingerprint density at radius 1 is 1.67 bits per heavy atom. The number of terminal acetylenes is 1. The van der Waals surface area contributed by atoms with Gasteiger partial charge in [0.1, 0.15) is 0 Å². The number of hydrogen-bond donors (Lipinski definition) is 0. The molecule has 0 radical (unpaired) electrons. The van der Waals surface area contributed by atoms with Crippen LogP contribution in [0.2, 0.25) is 0 Å². The van der Waals surface area contributed by atoms with Gasteiger partial charge in [0.15, 0.2) is 0 Å². The van der Waals surface area contributed by atoms with Crippen LogP contribution in [0.15, 0.2) is 0 Å². The third-order valence-electron chi connectivity index (χ3n) is 0.204. The van der Waals surface area contributed by atoms with Gasteiger partial charge in [-0.15, -0.1) is 12.3 Å². The summed E-state index contributed by atoms with van der Waals surface area (Å²) >= 11 is 0. The molecule has 0 bridgehead atoms. The first-order valence-electron chi connectivity index (χ1n) is 1.35. The summed E-state index contributed by atoms with van der Waals surface area (Å²) in [5, 5.41) is 0. The maximum Gasteiger partial charge on any atom is 2.00 e. The van der Waals surface area contributed by atoms with Crippen molar-refractivity contribution in [2.24, 2.45) is 0 Å². The molecule has 0 aromatic heterocycles. The van der Waals surface area contributed by atoms with Gasteiger partial charge in [0.25, 0.3) is 0 Å². The molecule has 0 rings (SSSR count). The molecule has 0 heterocycles. The Morgan fingerprint density at radius 2 is 1.83 bits per heavy atom. The fourth-order valence-corrected chi connectivity index (χ4v) is 0. The molecular weight excluding hydrogens is 199 g/mol. The molecule has 0 aliphatic rings. The van der Waals surface area contributed by atoms with Gasteiger partial charge in [-0.25, -0.2) is 0 Å². The molecule has 0 N–H and O–H groups in total. The fourth-order valence-electron chi connectivity index (χ4n) is 0. The Bertz CT molecular complexity index is 37.3. The second-order valence-corrected chi connectivity index (χ2v) is 0.558. The quantitative estimate of drug-likeness (QED) is 0.236. The van der Waals surface area contributed by atoms with E-state index >= 15 is 0 Å². The van der Waals surface area contributed by atoms with Crippen LogP contribution in [0.1, 0.15) is 13.3 Å². The second-order valence-electron chi connectivity index (χ2n) is 0.558. The van der Waals surface area contributed by atoms with Gasteiger partial charge in [-0.2, -0.15) is 0 Å². The minimum Gasteiger partial charge on any atom is -1.00 e. The van der Waals surface area contributed by atoms with E-state index in [2.05, 4.69) is 5.92 Å². The van der Waals surface area contributed by atoms with E-state index in [1.807, 2.05) is 6.92 Å². The van der Waals surface area contributed by atoms with E-state index in [-0.39, 0.29) is 47.0 Å². The molecule has 0 fully saturated rings. The molecule has 0 saturated carbocycles. The van der Waals surface area contributed by atoms with Crippen molar-refractivity contribution in [2.75, 3.05) is 0 Å². The van der Waals surface area contributed by atoms with E-state index in [9.17, 15) is 0 Å². The average molecular weight is 205 g/mol. The van der Waals surface area contributed by atoms with Gasteiger partial charge in [0.05, 0.1) is 0 Å². The standard InChI is InChI=1S/C4H6.HI.Mg/c1-3-4-2;;/h1H,4H2,2H3;1H;/q;;+2/p-1. The maximum absolute atomic E-state index is 4.78. The number of rotatable bonds is 0. The zero-order valence-electron chi connectivity index (χ0n) is 3.87. The van der Waals surface area contributed by atoms with E-state index in [0.29, 0.717) is 0 Å². The monoisotopic (exact) mass is 205 g/mol. The third-order valence-corrected chi connectivity index (χ3v) is 0.204. The van der Waals surface area contributed by atoms with Gasteiger partial charge in [-0.1, -0.05) is 6.92 Å². The SMILES string of the molecule is C#CCC.[I-].[Mg+2]. The largest absolute Gasteiger partial charge is 2.00 e. The molecule has 0 aliphatic carbocycles. The molecule has 6 heavy (non-hydrogen) atoms. The van der Waals surface area contributed by atoms with Crippen LogP contribution in [0.25, 0.3) is 0 Å². The summed E-state index contributed by atoms with van der Waals surface area (Å²) < 4.78 is 0. The van der Waals surface area contributed by atoms with Crippen molar-refractivity contribution in [3.05, 3.63) is 0 Å². The van der Waals surface area contributed by atoms with Gasteiger partial charge in [0.2, 0.25) is 0 Å². The zero-order valence-corrected chi connectivity index (χ0v) is 7.44. The molecule has 0 unspecified atom stereocenters. The Balaban J connectivity index is -0.0000000450. The first-order valence-corrected chi connectivity index (χ1v) is 1.35. The van der Waals surface area contributed by atoms with E-state index in [1.54, 1.807) is 0 Å². The molecule has 0 spiro atoms. The first-order chi connectivity index (χ1) is 1.91. The van der Waals surface area contributed by atoms with Gasteiger partial charge in [-0.3, -0.25) is 0 Å². The number of hydrogen-bond acceptors (Lipinski definition) is 0. The molecule has 2 heteroatoms. The van der Waals surface area contributed by atoms with Crippen molar-refractivity contribution in [1.29, 1.82) is 0 Å². The summed E-state index contributed by atoms with van der Waals surface area (Å²) in [5.41, 5.74) is 0. The van der Waals surface area contributed by atoms with E-state index in [4.69, 9.17) is 6.42 Å². The predicted octanol–water partition coefficient (Wildman–Crippen LogP) is -2.35. The van der Waals surface area contributed by atoms with Crippen molar-refractivity contribution in [2.45, 2.75) is 13.3 Å². The third kappa shape index (κ3) is 19.7. The maximum atomic E-state index is 4.78. The van der Waals surface area contributed by atoms with Crippen LogP contribution in [-0.4, -0.2) is 23.1 Å². The van der Waals surface area contributed by atoms with Crippen LogP contribution in [0.4, 0.5) is 0 Å². The van der Waals surface area contributed by atoms with Gasteiger partial charge < -0.3 is 24.0 Å². The van der Waals surface area contributed by atoms with Crippen LogP contribution in [0.5, 0.6) is 0 Å². The zero-order chi connectivity index (χ0) is 3.41. The number of halogens is 1. The normalized spacial score (nSPS) is 3.33. The molecule has 0 aliphatic heterocycles. The van der Waals surface area contributed by atoms with Crippen molar-refractivity contribution in [3.63, 3.8) is 0 Å². The fraction of sp³-hybridized carbons (Fsp3) is 0.500. The minimum atomic E-state index is 0. The Kier molecular flexibility index (Phi) is 43.5. The van der Waals surface area contributed by atoms with Crippen molar-refractivity contribution >= 4 is 23.1 Å². The van der Waals surface area contributed by atoms with E-state index < -0.39 is 0 Å². The predicted molar refractivity (Wildman–Crippen MR) is 24.9 cm³/mol. The van der Waals surface area contributed by atoms with Gasteiger partial charge in [-0.05, 0) is 0 Å². The average Bonchev–Trinajstić information content (AvgIpc) is 1.37. The van der Waals surface area contributed by atoms with Crippen molar-refractivity contribution < 1.29 is 24.0 Å². The van der Waals surface area contributed by atoms with Crippen LogP contribution in [-0.2, 0) is 0 Å². The first kappa shape index (κ1) is 15.7. The molecule has 0 aromatic carbocycles. The summed E-state index contributed by atoms with van der Waals surface area (Å²) in [6.45, 7) is 1.94. The van der Waals surface area contributed by atoms with Crippen LogP contribution < -0.4 is 24.0 Å². The van der Waals surface area contributed by atoms with E-state index in [1.165, 1.54) is 0 Å². The van der Waals surface area contributed by atoms with Gasteiger partial charge in [0, 0.05) is 6.42 Å². The summed E-state index contributed by atoms with van der Waals surface area (Å²) in [4.78, 5) is 0.